The molecule has 0 aliphatic heterocycles. The quantitative estimate of drug-likeness (QED) is 0.762. The van der Waals surface area contributed by atoms with Gasteiger partial charge in [0.05, 0.1) is 6.04 Å². The Morgan fingerprint density at radius 1 is 1.21 bits per heavy atom. The van der Waals surface area contributed by atoms with Crippen LogP contribution in [-0.2, 0) is 6.42 Å². The number of rotatable bonds is 2. The molecular weight excluding hydrogens is 322 g/mol. The minimum absolute atomic E-state index is 0.396. The highest BCUT2D eigenvalue weighted by molar-refractivity contribution is 9.10. The van der Waals surface area contributed by atoms with Crippen molar-refractivity contribution in [2.45, 2.75) is 25.8 Å². The average molecular weight is 337 g/mol. The molecule has 1 aliphatic carbocycles. The molecule has 98 valence electrons. The summed E-state index contributed by atoms with van der Waals surface area (Å²) in [7, 11) is 0. The smallest absolute Gasteiger partial charge is 0.0519 e. The Hall–Kier alpha value is -0.990. The topological polar surface area (TPSA) is 12.0 Å². The normalized spacial score (nSPS) is 17.3. The van der Waals surface area contributed by atoms with Crippen molar-refractivity contribution in [3.05, 3.63) is 62.6 Å². The lowest BCUT2D eigenvalue weighted by Gasteiger charge is -2.16. The summed E-state index contributed by atoms with van der Waals surface area (Å²) in [6.45, 7) is 2.11. The number of fused-ring (bicyclic) bond motifs is 1. The molecule has 1 N–H and O–H groups in total. The van der Waals surface area contributed by atoms with Crippen LogP contribution >= 0.6 is 27.5 Å². The van der Waals surface area contributed by atoms with E-state index in [9.17, 15) is 0 Å². The standard InChI is InChI=1S/C16H15BrClN/c1-10-8-13(4-6-15(10)17)19-16-7-2-11-9-12(18)3-5-14(11)16/h3-6,8-9,16,19H,2,7H2,1H3. The molecule has 0 spiro atoms. The molecule has 1 atom stereocenters. The monoisotopic (exact) mass is 335 g/mol. The van der Waals surface area contributed by atoms with Crippen molar-refractivity contribution in [2.75, 3.05) is 5.32 Å². The maximum atomic E-state index is 6.04. The molecule has 0 heterocycles. The van der Waals surface area contributed by atoms with E-state index in [4.69, 9.17) is 11.6 Å². The summed E-state index contributed by atoms with van der Waals surface area (Å²) in [6, 6.07) is 13.0. The van der Waals surface area contributed by atoms with Gasteiger partial charge in [0.15, 0.2) is 0 Å². The molecule has 1 nitrogen and oxygen atoms in total. The van der Waals surface area contributed by atoms with Gasteiger partial charge in [0, 0.05) is 15.2 Å². The molecule has 1 aliphatic rings. The van der Waals surface area contributed by atoms with Gasteiger partial charge >= 0.3 is 0 Å². The zero-order chi connectivity index (χ0) is 13.4. The number of halogens is 2. The van der Waals surface area contributed by atoms with Crippen molar-refractivity contribution in [1.29, 1.82) is 0 Å². The van der Waals surface area contributed by atoms with Crippen LogP contribution in [0.1, 0.15) is 29.2 Å². The summed E-state index contributed by atoms with van der Waals surface area (Å²) in [5.74, 6) is 0. The number of benzene rings is 2. The second kappa shape index (κ2) is 5.18. The van der Waals surface area contributed by atoms with E-state index in [0.29, 0.717) is 6.04 Å². The van der Waals surface area contributed by atoms with E-state index in [1.807, 2.05) is 6.07 Å². The number of nitrogens with one attached hydrogen (secondary N) is 1. The summed E-state index contributed by atoms with van der Waals surface area (Å²) in [4.78, 5) is 0. The predicted octanol–water partition coefficient (Wildman–Crippen LogP) is 5.51. The Bertz CT molecular complexity index is 624. The lowest BCUT2D eigenvalue weighted by atomic mass is 10.1. The second-order valence-electron chi connectivity index (χ2n) is 5.04. The fourth-order valence-electron chi connectivity index (χ4n) is 2.67. The third kappa shape index (κ3) is 2.65. The largest absolute Gasteiger partial charge is 0.378 e. The van der Waals surface area contributed by atoms with E-state index < -0.39 is 0 Å². The molecule has 0 bridgehead atoms. The first-order valence-electron chi connectivity index (χ1n) is 6.44. The van der Waals surface area contributed by atoms with Crippen LogP contribution in [0, 0.1) is 6.92 Å². The summed E-state index contributed by atoms with van der Waals surface area (Å²) in [5, 5.41) is 4.45. The highest BCUT2D eigenvalue weighted by Gasteiger charge is 2.22. The van der Waals surface area contributed by atoms with Gasteiger partial charge < -0.3 is 5.32 Å². The molecule has 19 heavy (non-hydrogen) atoms. The molecule has 0 amide bonds. The highest BCUT2D eigenvalue weighted by atomic mass is 79.9. The van der Waals surface area contributed by atoms with Crippen molar-refractivity contribution < 1.29 is 0 Å². The van der Waals surface area contributed by atoms with Gasteiger partial charge in [-0.2, -0.15) is 0 Å². The van der Waals surface area contributed by atoms with E-state index in [0.717, 1.165) is 22.3 Å². The van der Waals surface area contributed by atoms with Crippen LogP contribution in [0.15, 0.2) is 40.9 Å². The van der Waals surface area contributed by atoms with E-state index in [1.165, 1.54) is 22.4 Å². The van der Waals surface area contributed by atoms with Crippen LogP contribution in [0.5, 0.6) is 0 Å². The molecule has 0 saturated heterocycles. The summed E-state index contributed by atoms with van der Waals surface area (Å²) >= 11 is 9.58. The summed E-state index contributed by atoms with van der Waals surface area (Å²) < 4.78 is 1.15. The van der Waals surface area contributed by atoms with Gasteiger partial charge in [0.25, 0.3) is 0 Å². The third-order valence-corrected chi connectivity index (χ3v) is 4.81. The predicted molar refractivity (Wildman–Crippen MR) is 85.0 cm³/mol. The molecule has 0 radical (unpaired) electrons. The van der Waals surface area contributed by atoms with Crippen LogP contribution in [0.3, 0.4) is 0 Å². The van der Waals surface area contributed by atoms with E-state index in [1.54, 1.807) is 0 Å². The van der Waals surface area contributed by atoms with Gasteiger partial charge in [-0.3, -0.25) is 0 Å². The maximum absolute atomic E-state index is 6.04. The zero-order valence-electron chi connectivity index (χ0n) is 10.7. The summed E-state index contributed by atoms with van der Waals surface area (Å²) in [5.41, 5.74) is 5.18. The first kappa shape index (κ1) is 13.0. The maximum Gasteiger partial charge on any atom is 0.0519 e. The molecule has 0 fully saturated rings. The molecular formula is C16H15BrClN. The van der Waals surface area contributed by atoms with Crippen LogP contribution in [0.4, 0.5) is 5.69 Å². The minimum atomic E-state index is 0.396. The molecule has 3 rings (SSSR count). The number of anilines is 1. The van der Waals surface area contributed by atoms with E-state index >= 15 is 0 Å². The zero-order valence-corrected chi connectivity index (χ0v) is 13.1. The Labute approximate surface area is 127 Å². The molecule has 0 saturated carbocycles. The van der Waals surface area contributed by atoms with Gasteiger partial charge in [-0.05, 0) is 66.8 Å². The average Bonchev–Trinajstić information content (AvgIpc) is 2.76. The van der Waals surface area contributed by atoms with Crippen molar-refractivity contribution in [3.8, 4) is 0 Å². The molecule has 1 unspecified atom stereocenters. The fraction of sp³-hybridized carbons (Fsp3) is 0.250. The fourth-order valence-corrected chi connectivity index (χ4v) is 3.11. The van der Waals surface area contributed by atoms with Gasteiger partial charge in [-0.1, -0.05) is 33.6 Å². The Kier molecular flexibility index (Phi) is 3.55. The number of aryl methyl sites for hydroxylation is 2. The summed E-state index contributed by atoms with van der Waals surface area (Å²) in [6.07, 6.45) is 2.23. The first-order valence-corrected chi connectivity index (χ1v) is 7.61. The van der Waals surface area contributed by atoms with Crippen molar-refractivity contribution in [3.63, 3.8) is 0 Å². The van der Waals surface area contributed by atoms with Gasteiger partial charge in [-0.15, -0.1) is 0 Å². The SMILES string of the molecule is Cc1cc(NC2CCc3cc(Cl)ccc32)ccc1Br. The Morgan fingerprint density at radius 3 is 2.84 bits per heavy atom. The Morgan fingerprint density at radius 2 is 2.05 bits per heavy atom. The van der Waals surface area contributed by atoms with Crippen molar-refractivity contribution in [2.24, 2.45) is 0 Å². The third-order valence-electron chi connectivity index (χ3n) is 3.68. The molecule has 0 aromatic heterocycles. The molecule has 2 aromatic rings. The number of hydrogen-bond donors (Lipinski definition) is 1. The van der Waals surface area contributed by atoms with Gasteiger partial charge in [0.1, 0.15) is 0 Å². The van der Waals surface area contributed by atoms with E-state index in [-0.39, 0.29) is 0 Å². The van der Waals surface area contributed by atoms with Crippen LogP contribution in [0.2, 0.25) is 5.02 Å². The molecule has 2 aromatic carbocycles. The second-order valence-corrected chi connectivity index (χ2v) is 6.33. The minimum Gasteiger partial charge on any atom is -0.378 e. The lowest BCUT2D eigenvalue weighted by Crippen LogP contribution is -2.07. The first-order chi connectivity index (χ1) is 9.13. The van der Waals surface area contributed by atoms with Gasteiger partial charge in [-0.25, -0.2) is 0 Å². The van der Waals surface area contributed by atoms with Crippen LogP contribution in [0.25, 0.3) is 0 Å². The Balaban J connectivity index is 1.84. The lowest BCUT2D eigenvalue weighted by molar-refractivity contribution is 0.762. The number of hydrogen-bond acceptors (Lipinski definition) is 1. The van der Waals surface area contributed by atoms with E-state index in [2.05, 4.69) is 58.5 Å². The molecule has 3 heteroatoms. The van der Waals surface area contributed by atoms with Crippen molar-refractivity contribution in [1.82, 2.24) is 0 Å². The van der Waals surface area contributed by atoms with Crippen molar-refractivity contribution >= 4 is 33.2 Å². The van der Waals surface area contributed by atoms with Gasteiger partial charge in [0.2, 0.25) is 0 Å². The highest BCUT2D eigenvalue weighted by Crippen LogP contribution is 2.35. The van der Waals surface area contributed by atoms with Crippen LogP contribution in [-0.4, -0.2) is 0 Å². The van der Waals surface area contributed by atoms with Crippen LogP contribution < -0.4 is 5.32 Å².